The first-order chi connectivity index (χ1) is 9.53. The lowest BCUT2D eigenvalue weighted by atomic mass is 9.69. The lowest BCUT2D eigenvalue weighted by Gasteiger charge is -2.39. The van der Waals surface area contributed by atoms with E-state index < -0.39 is 17.3 Å². The fourth-order valence-electron chi connectivity index (χ4n) is 5.27. The van der Waals surface area contributed by atoms with Crippen molar-refractivity contribution in [3.8, 4) is 0 Å². The Bertz CT molecular complexity index is 510. The zero-order valence-corrected chi connectivity index (χ0v) is 13.7. The number of carbonyl (C=O) groups excluding carboxylic acids is 1. The number of carbonyl (C=O) groups is 2. The van der Waals surface area contributed by atoms with E-state index in [1.165, 1.54) is 6.42 Å². The highest BCUT2D eigenvalue weighted by Gasteiger charge is 2.67. The molecule has 3 aliphatic carbocycles. The molecule has 1 amide bonds. The molecule has 3 unspecified atom stereocenters. The molecule has 0 spiro atoms. The zero-order chi connectivity index (χ0) is 15.8. The molecule has 0 radical (unpaired) electrons. The van der Waals surface area contributed by atoms with Crippen molar-refractivity contribution in [1.29, 1.82) is 0 Å². The first kappa shape index (κ1) is 14.9. The summed E-state index contributed by atoms with van der Waals surface area (Å²) in [6, 6.07) is 0.199. The quantitative estimate of drug-likeness (QED) is 0.840. The van der Waals surface area contributed by atoms with Gasteiger partial charge in [-0.1, -0.05) is 34.6 Å². The first-order valence-corrected chi connectivity index (χ1v) is 8.06. The van der Waals surface area contributed by atoms with Gasteiger partial charge in [-0.15, -0.1) is 0 Å². The lowest BCUT2D eigenvalue weighted by molar-refractivity contribution is -0.140. The number of hydrogen-bond donors (Lipinski definition) is 2. The molecule has 0 aromatic rings. The van der Waals surface area contributed by atoms with Crippen molar-refractivity contribution in [3.63, 3.8) is 0 Å². The highest BCUT2D eigenvalue weighted by Crippen LogP contribution is 2.66. The van der Waals surface area contributed by atoms with Crippen LogP contribution in [-0.2, 0) is 9.59 Å². The first-order valence-electron chi connectivity index (χ1n) is 8.06. The number of aliphatic carboxylic acids is 1. The van der Waals surface area contributed by atoms with Crippen molar-refractivity contribution in [2.75, 3.05) is 0 Å². The van der Waals surface area contributed by atoms with Crippen molar-refractivity contribution in [2.24, 2.45) is 34.0 Å². The molecule has 0 heterocycles. The molecule has 0 aromatic carbocycles. The zero-order valence-electron chi connectivity index (χ0n) is 13.7. The van der Waals surface area contributed by atoms with Gasteiger partial charge in [-0.25, -0.2) is 0 Å². The fourth-order valence-corrected chi connectivity index (χ4v) is 5.27. The fraction of sp³-hybridized carbons (Fsp3) is 0.882. The normalized spacial score (nSPS) is 45.4. The monoisotopic (exact) mass is 293 g/mol. The van der Waals surface area contributed by atoms with E-state index >= 15 is 0 Å². The maximum Gasteiger partial charge on any atom is 0.307 e. The Labute approximate surface area is 126 Å². The summed E-state index contributed by atoms with van der Waals surface area (Å²) in [6.45, 7) is 10.7. The molecule has 118 valence electrons. The van der Waals surface area contributed by atoms with Crippen molar-refractivity contribution in [3.05, 3.63) is 0 Å². The standard InChI is InChI=1S/C17H27NO3/c1-15(2)11(12(15)14(20)21)13(19)18-10-8-9-6-7-17(10,5)16(9,3)4/h9-12H,6-8H2,1-5H3,(H,18,19)(H,20,21)/t9?,10?,11-,12+,17?/m1/s1. The second-order valence-corrected chi connectivity index (χ2v) is 8.79. The summed E-state index contributed by atoms with van der Waals surface area (Å²) in [5, 5.41) is 12.4. The third kappa shape index (κ3) is 1.74. The number of rotatable bonds is 3. The van der Waals surface area contributed by atoms with Gasteiger partial charge in [0.2, 0.25) is 5.91 Å². The SMILES string of the molecule is CC1(C)[C@H](C(=O)O)[C@@H]1C(=O)NC1CC2CCC1(C)C2(C)C. The molecule has 0 aromatic heterocycles. The molecule has 21 heavy (non-hydrogen) atoms. The van der Waals surface area contributed by atoms with Gasteiger partial charge >= 0.3 is 5.97 Å². The maximum atomic E-state index is 12.5. The van der Waals surface area contributed by atoms with Crippen LogP contribution < -0.4 is 5.32 Å². The molecule has 4 nitrogen and oxygen atoms in total. The third-order valence-electron chi connectivity index (χ3n) is 7.49. The molecule has 3 rings (SSSR count). The second kappa shape index (κ2) is 4.02. The van der Waals surface area contributed by atoms with E-state index in [-0.39, 0.29) is 28.7 Å². The van der Waals surface area contributed by atoms with Gasteiger partial charge in [0.15, 0.2) is 0 Å². The van der Waals surface area contributed by atoms with Crippen LogP contribution >= 0.6 is 0 Å². The Kier molecular flexibility index (Phi) is 2.84. The average molecular weight is 293 g/mol. The van der Waals surface area contributed by atoms with Gasteiger partial charge in [-0.3, -0.25) is 9.59 Å². The Hall–Kier alpha value is -1.06. The van der Waals surface area contributed by atoms with Crippen LogP contribution in [0.4, 0.5) is 0 Å². The minimum atomic E-state index is -0.848. The van der Waals surface area contributed by atoms with E-state index in [1.807, 2.05) is 13.8 Å². The average Bonchev–Trinajstić information content (AvgIpc) is 2.80. The largest absolute Gasteiger partial charge is 0.481 e. The smallest absolute Gasteiger partial charge is 0.307 e. The van der Waals surface area contributed by atoms with Gasteiger partial charge in [-0.2, -0.15) is 0 Å². The number of nitrogens with one attached hydrogen (secondary N) is 1. The molecule has 2 N–H and O–H groups in total. The minimum absolute atomic E-state index is 0.0537. The van der Waals surface area contributed by atoms with Gasteiger partial charge in [0, 0.05) is 6.04 Å². The second-order valence-electron chi connectivity index (χ2n) is 8.79. The molecule has 4 heteroatoms. The molecule has 0 aliphatic heterocycles. The van der Waals surface area contributed by atoms with Crippen LogP contribution in [-0.4, -0.2) is 23.0 Å². The summed E-state index contributed by atoms with van der Waals surface area (Å²) in [5.74, 6) is -1.13. The summed E-state index contributed by atoms with van der Waals surface area (Å²) in [7, 11) is 0. The summed E-state index contributed by atoms with van der Waals surface area (Å²) in [6.07, 6.45) is 3.45. The molecular formula is C17H27NO3. The van der Waals surface area contributed by atoms with Gasteiger partial charge in [0.05, 0.1) is 11.8 Å². The highest BCUT2D eigenvalue weighted by molar-refractivity contribution is 5.91. The van der Waals surface area contributed by atoms with Crippen molar-refractivity contribution < 1.29 is 14.7 Å². The molecule has 3 fully saturated rings. The van der Waals surface area contributed by atoms with E-state index in [4.69, 9.17) is 0 Å². The van der Waals surface area contributed by atoms with Crippen LogP contribution in [0.15, 0.2) is 0 Å². The van der Waals surface area contributed by atoms with Crippen molar-refractivity contribution in [2.45, 2.75) is 59.9 Å². The van der Waals surface area contributed by atoms with E-state index in [2.05, 4.69) is 26.1 Å². The Morgan fingerprint density at radius 3 is 2.10 bits per heavy atom. The van der Waals surface area contributed by atoms with Gasteiger partial charge in [-0.05, 0) is 41.4 Å². The highest BCUT2D eigenvalue weighted by atomic mass is 16.4. The van der Waals surface area contributed by atoms with E-state index in [1.54, 1.807) is 0 Å². The Morgan fingerprint density at radius 1 is 1.10 bits per heavy atom. The van der Waals surface area contributed by atoms with E-state index in [0.717, 1.165) is 12.8 Å². The topological polar surface area (TPSA) is 66.4 Å². The molecular weight excluding hydrogens is 266 g/mol. The van der Waals surface area contributed by atoms with Crippen LogP contribution in [0.1, 0.15) is 53.9 Å². The summed E-state index contributed by atoms with van der Waals surface area (Å²) >= 11 is 0. The van der Waals surface area contributed by atoms with Gasteiger partial charge < -0.3 is 10.4 Å². The molecule has 2 bridgehead atoms. The van der Waals surface area contributed by atoms with Crippen LogP contribution in [0.2, 0.25) is 0 Å². The maximum absolute atomic E-state index is 12.5. The van der Waals surface area contributed by atoms with Crippen LogP contribution in [0, 0.1) is 34.0 Å². The summed E-state index contributed by atoms with van der Waals surface area (Å²) < 4.78 is 0. The number of carboxylic acids is 1. The number of hydrogen-bond acceptors (Lipinski definition) is 2. The van der Waals surface area contributed by atoms with Gasteiger partial charge in [0.1, 0.15) is 0 Å². The Morgan fingerprint density at radius 2 is 1.71 bits per heavy atom. The summed E-state index contributed by atoms with van der Waals surface area (Å²) in [5.41, 5.74) is -0.00868. The van der Waals surface area contributed by atoms with Crippen LogP contribution in [0.25, 0.3) is 0 Å². The summed E-state index contributed by atoms with van der Waals surface area (Å²) in [4.78, 5) is 23.8. The van der Waals surface area contributed by atoms with Gasteiger partial charge in [0.25, 0.3) is 0 Å². The third-order valence-corrected chi connectivity index (χ3v) is 7.49. The number of amides is 1. The van der Waals surface area contributed by atoms with Crippen molar-refractivity contribution >= 4 is 11.9 Å². The minimum Gasteiger partial charge on any atom is -0.481 e. The van der Waals surface area contributed by atoms with Crippen LogP contribution in [0.5, 0.6) is 0 Å². The number of carboxylic acid groups (broad SMARTS) is 1. The van der Waals surface area contributed by atoms with E-state index in [9.17, 15) is 14.7 Å². The number of fused-ring (bicyclic) bond motifs is 2. The molecule has 3 aliphatic rings. The lowest BCUT2D eigenvalue weighted by Crippen LogP contribution is -2.47. The predicted octanol–water partition coefficient (Wildman–Crippen LogP) is 2.67. The molecule has 5 atom stereocenters. The van der Waals surface area contributed by atoms with Crippen LogP contribution in [0.3, 0.4) is 0 Å². The molecule has 0 saturated heterocycles. The van der Waals surface area contributed by atoms with Crippen molar-refractivity contribution in [1.82, 2.24) is 5.32 Å². The Balaban J connectivity index is 1.72. The van der Waals surface area contributed by atoms with E-state index in [0.29, 0.717) is 5.92 Å². The predicted molar refractivity (Wildman–Crippen MR) is 79.6 cm³/mol. The molecule has 3 saturated carbocycles.